The van der Waals surface area contributed by atoms with Gasteiger partial charge in [0.15, 0.2) is 0 Å². The third-order valence-corrected chi connectivity index (χ3v) is 3.54. The van der Waals surface area contributed by atoms with Gasteiger partial charge in [0, 0.05) is 16.4 Å². The van der Waals surface area contributed by atoms with Gasteiger partial charge in [-0.3, -0.25) is 0 Å². The fourth-order valence-corrected chi connectivity index (χ4v) is 2.20. The van der Waals surface area contributed by atoms with Gasteiger partial charge < -0.3 is 10.8 Å². The van der Waals surface area contributed by atoms with Gasteiger partial charge in [-0.2, -0.15) is 0 Å². The van der Waals surface area contributed by atoms with Crippen LogP contribution in [0.1, 0.15) is 24.5 Å². The van der Waals surface area contributed by atoms with E-state index in [4.69, 9.17) is 5.73 Å². The molecule has 2 nitrogen and oxygen atoms in total. The second kappa shape index (κ2) is 3.65. The number of nitrogens with two attached hydrogens (primary N) is 1. The summed E-state index contributed by atoms with van der Waals surface area (Å²) in [6, 6.07) is 7.80. The highest BCUT2D eigenvalue weighted by atomic mass is 79.9. The van der Waals surface area contributed by atoms with Crippen molar-refractivity contribution in [1.82, 2.24) is 0 Å². The van der Waals surface area contributed by atoms with E-state index in [1.807, 2.05) is 24.3 Å². The molecule has 0 saturated heterocycles. The van der Waals surface area contributed by atoms with E-state index in [9.17, 15) is 5.11 Å². The number of aliphatic hydroxyl groups excluding tert-OH is 1. The van der Waals surface area contributed by atoms with Gasteiger partial charge in [0.25, 0.3) is 0 Å². The second-order valence-corrected chi connectivity index (χ2v) is 4.94. The minimum atomic E-state index is -0.412. The Labute approximate surface area is 92.3 Å². The van der Waals surface area contributed by atoms with Crippen molar-refractivity contribution in [2.75, 3.05) is 6.54 Å². The molecule has 3 N–H and O–H groups in total. The molecule has 1 aliphatic rings. The first-order valence-electron chi connectivity index (χ1n) is 4.81. The zero-order valence-electron chi connectivity index (χ0n) is 7.91. The highest BCUT2D eigenvalue weighted by molar-refractivity contribution is 9.10. The molecule has 1 saturated carbocycles. The van der Waals surface area contributed by atoms with Gasteiger partial charge >= 0.3 is 0 Å². The van der Waals surface area contributed by atoms with E-state index in [1.54, 1.807) is 0 Å². The second-order valence-electron chi connectivity index (χ2n) is 4.02. The molecule has 3 heteroatoms. The minimum Gasteiger partial charge on any atom is -0.388 e. The Morgan fingerprint density at radius 3 is 2.71 bits per heavy atom. The predicted octanol–water partition coefficient (Wildman–Crippen LogP) is 2.22. The minimum absolute atomic E-state index is 0.0409. The van der Waals surface area contributed by atoms with E-state index < -0.39 is 6.10 Å². The van der Waals surface area contributed by atoms with Crippen LogP contribution < -0.4 is 5.73 Å². The first-order chi connectivity index (χ1) is 6.68. The molecule has 0 spiro atoms. The van der Waals surface area contributed by atoms with Crippen molar-refractivity contribution in [3.8, 4) is 0 Å². The van der Waals surface area contributed by atoms with Gasteiger partial charge in [0.05, 0.1) is 6.10 Å². The molecule has 0 unspecified atom stereocenters. The van der Waals surface area contributed by atoms with Crippen LogP contribution in [0.15, 0.2) is 28.7 Å². The highest BCUT2D eigenvalue weighted by Crippen LogP contribution is 2.54. The van der Waals surface area contributed by atoms with Crippen molar-refractivity contribution in [1.29, 1.82) is 0 Å². The molecule has 0 amide bonds. The average Bonchev–Trinajstić information content (AvgIpc) is 2.97. The standard InChI is InChI=1S/C11H14BrNO/c12-9-3-1-2-8(6-9)10(14)11(7-13)4-5-11/h1-3,6,10,14H,4-5,7,13H2/t10-/m0/s1. The summed E-state index contributed by atoms with van der Waals surface area (Å²) in [4.78, 5) is 0. The molecular formula is C11H14BrNO. The van der Waals surface area contributed by atoms with Crippen molar-refractivity contribution in [2.45, 2.75) is 18.9 Å². The fourth-order valence-electron chi connectivity index (χ4n) is 1.78. The number of hydrogen-bond acceptors (Lipinski definition) is 2. The van der Waals surface area contributed by atoms with E-state index >= 15 is 0 Å². The fraction of sp³-hybridized carbons (Fsp3) is 0.455. The van der Waals surface area contributed by atoms with Crippen molar-refractivity contribution < 1.29 is 5.11 Å². The molecule has 1 aliphatic carbocycles. The van der Waals surface area contributed by atoms with Crippen molar-refractivity contribution in [3.63, 3.8) is 0 Å². The van der Waals surface area contributed by atoms with Gasteiger partial charge in [-0.1, -0.05) is 28.1 Å². The zero-order valence-corrected chi connectivity index (χ0v) is 9.50. The quantitative estimate of drug-likeness (QED) is 0.871. The molecule has 1 fully saturated rings. The van der Waals surface area contributed by atoms with Gasteiger partial charge in [-0.15, -0.1) is 0 Å². The van der Waals surface area contributed by atoms with Crippen molar-refractivity contribution in [2.24, 2.45) is 11.1 Å². The van der Waals surface area contributed by atoms with Gasteiger partial charge in [-0.05, 0) is 30.5 Å². The molecule has 0 bridgehead atoms. The Kier molecular flexibility index (Phi) is 2.64. The van der Waals surface area contributed by atoms with Gasteiger partial charge in [0.1, 0.15) is 0 Å². The van der Waals surface area contributed by atoms with E-state index in [0.29, 0.717) is 6.54 Å². The Bertz CT molecular complexity index is 336. The Hall–Kier alpha value is -0.380. The molecule has 0 aromatic heterocycles. The SMILES string of the molecule is NCC1([C@@H](O)c2cccc(Br)c2)CC1. The lowest BCUT2D eigenvalue weighted by Crippen LogP contribution is -2.23. The number of aliphatic hydroxyl groups is 1. The molecule has 0 heterocycles. The number of hydrogen-bond donors (Lipinski definition) is 2. The first kappa shape index (κ1) is 10.1. The third-order valence-electron chi connectivity index (χ3n) is 3.04. The van der Waals surface area contributed by atoms with Crippen LogP contribution >= 0.6 is 15.9 Å². The third kappa shape index (κ3) is 1.72. The number of rotatable bonds is 3. The van der Waals surface area contributed by atoms with E-state index in [0.717, 1.165) is 22.9 Å². The first-order valence-corrected chi connectivity index (χ1v) is 5.61. The summed E-state index contributed by atoms with van der Waals surface area (Å²) in [6.07, 6.45) is 1.67. The average molecular weight is 256 g/mol. The molecule has 14 heavy (non-hydrogen) atoms. The van der Waals surface area contributed by atoms with E-state index in [1.165, 1.54) is 0 Å². The summed E-state index contributed by atoms with van der Waals surface area (Å²) in [7, 11) is 0. The Morgan fingerprint density at radius 1 is 1.50 bits per heavy atom. The summed E-state index contributed by atoms with van der Waals surface area (Å²) in [6.45, 7) is 0.570. The molecular weight excluding hydrogens is 242 g/mol. The number of benzene rings is 1. The highest BCUT2D eigenvalue weighted by Gasteiger charge is 2.48. The summed E-state index contributed by atoms with van der Waals surface area (Å²) < 4.78 is 1.00. The molecule has 1 aromatic carbocycles. The summed E-state index contributed by atoms with van der Waals surface area (Å²) in [5.74, 6) is 0. The predicted molar refractivity (Wildman–Crippen MR) is 59.8 cm³/mol. The summed E-state index contributed by atoms with van der Waals surface area (Å²) >= 11 is 3.40. The molecule has 1 aromatic rings. The van der Waals surface area contributed by atoms with Crippen LogP contribution in [0, 0.1) is 5.41 Å². The van der Waals surface area contributed by atoms with Gasteiger partial charge in [-0.25, -0.2) is 0 Å². The van der Waals surface area contributed by atoms with Crippen LogP contribution in [0.25, 0.3) is 0 Å². The lowest BCUT2D eigenvalue weighted by molar-refractivity contribution is 0.0975. The van der Waals surface area contributed by atoms with Gasteiger partial charge in [0.2, 0.25) is 0 Å². The van der Waals surface area contributed by atoms with Crippen LogP contribution in [0.2, 0.25) is 0 Å². The van der Waals surface area contributed by atoms with Crippen molar-refractivity contribution >= 4 is 15.9 Å². The van der Waals surface area contributed by atoms with Crippen LogP contribution in [-0.4, -0.2) is 11.7 Å². The monoisotopic (exact) mass is 255 g/mol. The van der Waals surface area contributed by atoms with E-state index in [-0.39, 0.29) is 5.41 Å². The van der Waals surface area contributed by atoms with Crippen LogP contribution in [0.5, 0.6) is 0 Å². The maximum atomic E-state index is 10.1. The molecule has 2 rings (SSSR count). The van der Waals surface area contributed by atoms with Crippen LogP contribution in [-0.2, 0) is 0 Å². The molecule has 76 valence electrons. The van der Waals surface area contributed by atoms with Crippen LogP contribution in [0.3, 0.4) is 0 Å². The van der Waals surface area contributed by atoms with E-state index in [2.05, 4.69) is 15.9 Å². The summed E-state index contributed by atoms with van der Waals surface area (Å²) in [5, 5.41) is 10.1. The zero-order chi connectivity index (χ0) is 10.2. The smallest absolute Gasteiger partial charge is 0.0858 e. The maximum Gasteiger partial charge on any atom is 0.0858 e. The Morgan fingerprint density at radius 2 is 2.21 bits per heavy atom. The number of halogens is 1. The molecule has 1 atom stereocenters. The largest absolute Gasteiger partial charge is 0.388 e. The molecule has 0 aliphatic heterocycles. The van der Waals surface area contributed by atoms with Crippen LogP contribution in [0.4, 0.5) is 0 Å². The molecule has 0 radical (unpaired) electrons. The normalized spacial score (nSPS) is 20.5. The Balaban J connectivity index is 2.23. The lowest BCUT2D eigenvalue weighted by atomic mass is 9.93. The lowest BCUT2D eigenvalue weighted by Gasteiger charge is -2.20. The maximum absolute atomic E-state index is 10.1. The topological polar surface area (TPSA) is 46.2 Å². The van der Waals surface area contributed by atoms with Crippen molar-refractivity contribution in [3.05, 3.63) is 34.3 Å². The summed E-state index contributed by atoms with van der Waals surface area (Å²) in [5.41, 5.74) is 6.59.